The summed E-state index contributed by atoms with van der Waals surface area (Å²) in [6.07, 6.45) is 0. The Morgan fingerprint density at radius 1 is 0.615 bits per heavy atom. The van der Waals surface area contributed by atoms with Gasteiger partial charge in [0.1, 0.15) is 0 Å². The molecule has 0 amide bonds. The van der Waals surface area contributed by atoms with Gasteiger partial charge in [-0.3, -0.25) is 4.98 Å². The normalized spacial score (nSPS) is 11.3. The predicted molar refractivity (Wildman–Crippen MR) is 109 cm³/mol. The van der Waals surface area contributed by atoms with Crippen LogP contribution in [0, 0.1) is 6.92 Å². The predicted octanol–water partition coefficient (Wildman–Crippen LogP) is 6.15. The lowest BCUT2D eigenvalue weighted by atomic mass is 10.1. The summed E-state index contributed by atoms with van der Waals surface area (Å²) >= 11 is 0. The Balaban J connectivity index is 1.70. The van der Waals surface area contributed by atoms with E-state index < -0.39 is 0 Å². The highest BCUT2D eigenvalue weighted by molar-refractivity contribution is 6.09. The van der Waals surface area contributed by atoms with Gasteiger partial charge in [-0.2, -0.15) is 0 Å². The fraction of sp³-hybridized carbons (Fsp3) is 0.0417. The first-order valence-corrected chi connectivity index (χ1v) is 8.84. The number of fused-ring (bicyclic) bond motifs is 3. The van der Waals surface area contributed by atoms with Gasteiger partial charge < -0.3 is 4.57 Å². The summed E-state index contributed by atoms with van der Waals surface area (Å²) in [7, 11) is 0. The molecule has 0 saturated heterocycles. The first-order chi connectivity index (χ1) is 12.8. The van der Waals surface area contributed by atoms with Gasteiger partial charge in [0.2, 0.25) is 0 Å². The maximum atomic E-state index is 4.63. The van der Waals surface area contributed by atoms with Crippen molar-refractivity contribution < 1.29 is 0 Å². The van der Waals surface area contributed by atoms with Gasteiger partial charge in [0.25, 0.3) is 0 Å². The minimum Gasteiger partial charge on any atom is -0.309 e. The van der Waals surface area contributed by atoms with Gasteiger partial charge >= 0.3 is 0 Å². The Morgan fingerprint density at radius 3 is 1.85 bits per heavy atom. The number of benzene rings is 3. The average molecular weight is 334 g/mol. The molecule has 0 atom stereocenters. The highest BCUT2D eigenvalue weighted by Crippen LogP contribution is 2.32. The zero-order valence-corrected chi connectivity index (χ0v) is 14.6. The van der Waals surface area contributed by atoms with E-state index in [4.69, 9.17) is 0 Å². The molecule has 0 fully saturated rings. The zero-order chi connectivity index (χ0) is 17.5. The Kier molecular flexibility index (Phi) is 3.36. The van der Waals surface area contributed by atoms with Gasteiger partial charge in [-0.05, 0) is 43.3 Å². The Hall–Kier alpha value is -3.39. The maximum Gasteiger partial charge on any atom is 0.0705 e. The van der Waals surface area contributed by atoms with Crippen LogP contribution in [0.4, 0.5) is 0 Å². The minimum atomic E-state index is 1.01. The number of nitrogens with zero attached hydrogens (tertiary/aromatic N) is 2. The summed E-state index contributed by atoms with van der Waals surface area (Å²) in [6.45, 7) is 2.02. The molecule has 0 aliphatic heterocycles. The van der Waals surface area contributed by atoms with Crippen LogP contribution in [0.2, 0.25) is 0 Å². The van der Waals surface area contributed by atoms with Crippen molar-refractivity contribution in [2.75, 3.05) is 0 Å². The van der Waals surface area contributed by atoms with E-state index in [1.54, 1.807) is 0 Å². The highest BCUT2D eigenvalue weighted by atomic mass is 15.0. The number of hydrogen-bond donors (Lipinski definition) is 0. The maximum absolute atomic E-state index is 4.63. The number of aromatic nitrogens is 2. The lowest BCUT2D eigenvalue weighted by Gasteiger charge is -2.09. The van der Waals surface area contributed by atoms with Crippen molar-refractivity contribution in [3.63, 3.8) is 0 Å². The van der Waals surface area contributed by atoms with Crippen LogP contribution in [0.25, 0.3) is 38.8 Å². The first kappa shape index (κ1) is 14.9. The van der Waals surface area contributed by atoms with E-state index in [-0.39, 0.29) is 0 Å². The monoisotopic (exact) mass is 334 g/mol. The topological polar surface area (TPSA) is 17.8 Å². The standard InChI is InChI=1S/C24H18N2/c1-17-7-6-10-22(25-17)18-13-15-19(16-14-18)26-23-11-4-2-8-20(23)21-9-3-5-12-24(21)26/h2-16H,1H3. The number of para-hydroxylation sites is 2. The molecule has 5 rings (SSSR count). The second-order valence-corrected chi connectivity index (χ2v) is 6.58. The summed E-state index contributed by atoms with van der Waals surface area (Å²) in [5.41, 5.74) is 6.81. The zero-order valence-electron chi connectivity index (χ0n) is 14.6. The fourth-order valence-electron chi connectivity index (χ4n) is 3.69. The van der Waals surface area contributed by atoms with Crippen LogP contribution in [-0.2, 0) is 0 Å². The smallest absolute Gasteiger partial charge is 0.0705 e. The number of aryl methyl sites for hydroxylation is 1. The van der Waals surface area contributed by atoms with E-state index in [0.717, 1.165) is 17.0 Å². The summed E-state index contributed by atoms with van der Waals surface area (Å²) in [5, 5.41) is 2.57. The van der Waals surface area contributed by atoms with Crippen molar-refractivity contribution in [1.82, 2.24) is 9.55 Å². The van der Waals surface area contributed by atoms with Crippen molar-refractivity contribution in [3.05, 3.63) is 96.7 Å². The Labute approximate surface area is 152 Å². The quantitative estimate of drug-likeness (QED) is 0.378. The van der Waals surface area contributed by atoms with Crippen molar-refractivity contribution >= 4 is 21.8 Å². The van der Waals surface area contributed by atoms with Crippen LogP contribution in [0.1, 0.15) is 5.69 Å². The molecule has 0 aliphatic carbocycles. The lowest BCUT2D eigenvalue weighted by molar-refractivity contribution is 1.17. The molecule has 0 aliphatic rings. The van der Waals surface area contributed by atoms with Crippen LogP contribution in [-0.4, -0.2) is 9.55 Å². The molecule has 26 heavy (non-hydrogen) atoms. The molecule has 3 aromatic carbocycles. The third kappa shape index (κ3) is 2.31. The second-order valence-electron chi connectivity index (χ2n) is 6.58. The van der Waals surface area contributed by atoms with Crippen molar-refractivity contribution in [1.29, 1.82) is 0 Å². The van der Waals surface area contributed by atoms with Gasteiger partial charge in [0.05, 0.1) is 16.7 Å². The van der Waals surface area contributed by atoms with Gasteiger partial charge in [-0.1, -0.05) is 54.6 Å². The molecule has 2 nitrogen and oxygen atoms in total. The van der Waals surface area contributed by atoms with Crippen molar-refractivity contribution in [2.24, 2.45) is 0 Å². The van der Waals surface area contributed by atoms with E-state index in [1.165, 1.54) is 27.5 Å². The molecular formula is C24H18N2. The van der Waals surface area contributed by atoms with Gasteiger partial charge in [0.15, 0.2) is 0 Å². The highest BCUT2D eigenvalue weighted by Gasteiger charge is 2.11. The third-order valence-corrected chi connectivity index (χ3v) is 4.89. The molecule has 0 saturated carbocycles. The summed E-state index contributed by atoms with van der Waals surface area (Å²) in [4.78, 5) is 4.63. The van der Waals surface area contributed by atoms with E-state index in [2.05, 4.69) is 94.5 Å². The average Bonchev–Trinajstić information content (AvgIpc) is 3.03. The van der Waals surface area contributed by atoms with Gasteiger partial charge in [-0.25, -0.2) is 0 Å². The fourth-order valence-corrected chi connectivity index (χ4v) is 3.69. The van der Waals surface area contributed by atoms with Crippen molar-refractivity contribution in [2.45, 2.75) is 6.92 Å². The molecule has 2 heterocycles. The second kappa shape index (κ2) is 5.85. The van der Waals surface area contributed by atoms with Crippen LogP contribution >= 0.6 is 0 Å². The summed E-state index contributed by atoms with van der Waals surface area (Å²) in [5.74, 6) is 0. The molecule has 0 spiro atoms. The summed E-state index contributed by atoms with van der Waals surface area (Å²) < 4.78 is 2.33. The molecule has 0 bridgehead atoms. The number of pyridine rings is 1. The molecule has 0 unspecified atom stereocenters. The van der Waals surface area contributed by atoms with Crippen LogP contribution < -0.4 is 0 Å². The number of hydrogen-bond acceptors (Lipinski definition) is 1. The van der Waals surface area contributed by atoms with Crippen LogP contribution in [0.15, 0.2) is 91.0 Å². The Bertz CT molecular complexity index is 1180. The third-order valence-electron chi connectivity index (χ3n) is 4.89. The molecule has 5 aromatic rings. The molecule has 0 radical (unpaired) electrons. The van der Waals surface area contributed by atoms with Crippen LogP contribution in [0.5, 0.6) is 0 Å². The van der Waals surface area contributed by atoms with E-state index >= 15 is 0 Å². The van der Waals surface area contributed by atoms with E-state index in [0.29, 0.717) is 0 Å². The lowest BCUT2D eigenvalue weighted by Crippen LogP contribution is -1.94. The van der Waals surface area contributed by atoms with Gasteiger partial charge in [0, 0.05) is 27.7 Å². The first-order valence-electron chi connectivity index (χ1n) is 8.84. The Morgan fingerprint density at radius 2 is 1.23 bits per heavy atom. The van der Waals surface area contributed by atoms with Gasteiger partial charge in [-0.15, -0.1) is 0 Å². The SMILES string of the molecule is Cc1cccc(-c2ccc(-n3c4ccccc4c4ccccc43)cc2)n1. The largest absolute Gasteiger partial charge is 0.309 e. The molecule has 2 aromatic heterocycles. The summed E-state index contributed by atoms with van der Waals surface area (Å²) in [6, 6.07) is 32.0. The molecule has 124 valence electrons. The van der Waals surface area contributed by atoms with E-state index in [9.17, 15) is 0 Å². The van der Waals surface area contributed by atoms with Crippen molar-refractivity contribution in [3.8, 4) is 16.9 Å². The molecule has 0 N–H and O–H groups in total. The molecular weight excluding hydrogens is 316 g/mol. The minimum absolute atomic E-state index is 1.01. The van der Waals surface area contributed by atoms with Crippen LogP contribution in [0.3, 0.4) is 0 Å². The van der Waals surface area contributed by atoms with E-state index in [1.807, 2.05) is 13.0 Å². The molecule has 2 heteroatoms. The number of rotatable bonds is 2.